The molecular weight excluding hydrogens is 212 g/mol. The Morgan fingerprint density at radius 3 is 2.60 bits per heavy atom. The summed E-state index contributed by atoms with van der Waals surface area (Å²) in [5.41, 5.74) is 1.10. The molecule has 0 saturated heterocycles. The summed E-state index contributed by atoms with van der Waals surface area (Å²) in [6.45, 7) is 0. The second kappa shape index (κ2) is 4.44. The van der Waals surface area contributed by atoms with Gasteiger partial charge in [0.05, 0.1) is 4.92 Å². The Balaban J connectivity index is 2.06. The molecule has 1 aliphatic heterocycles. The average molecular weight is 224 g/mol. The molecule has 1 heterocycles. The van der Waals surface area contributed by atoms with Crippen LogP contribution in [0.4, 0.5) is 11.4 Å². The van der Waals surface area contributed by atoms with Gasteiger partial charge in [0, 0.05) is 23.6 Å². The number of hydrogen-bond acceptors (Lipinski definition) is 3. The van der Waals surface area contributed by atoms with Crippen LogP contribution in [0.1, 0.15) is 12.8 Å². The van der Waals surface area contributed by atoms with E-state index in [2.05, 4.69) is 10.1 Å². The van der Waals surface area contributed by atoms with Crippen LogP contribution >= 0.6 is 10.7 Å². The van der Waals surface area contributed by atoms with E-state index >= 15 is 0 Å². The minimum absolute atomic E-state index is 0.138. The lowest BCUT2D eigenvalue weighted by Crippen LogP contribution is -1.92. The summed E-state index contributed by atoms with van der Waals surface area (Å²) in [7, 11) is 0.160. The third-order valence-corrected chi connectivity index (χ3v) is 4.08. The van der Waals surface area contributed by atoms with Gasteiger partial charge >= 0.3 is 0 Å². The number of benzene rings is 1. The normalized spacial score (nSPS) is 19.6. The molecule has 1 aromatic rings. The molecule has 0 spiro atoms. The van der Waals surface area contributed by atoms with Gasteiger partial charge in [-0.2, -0.15) is 0 Å². The van der Waals surface area contributed by atoms with E-state index in [1.807, 2.05) is 0 Å². The van der Waals surface area contributed by atoms with Gasteiger partial charge in [-0.25, -0.2) is 0 Å². The highest BCUT2D eigenvalue weighted by atomic mass is 32.2. The van der Waals surface area contributed by atoms with Crippen molar-refractivity contribution in [2.24, 2.45) is 0 Å². The first-order valence-electron chi connectivity index (χ1n) is 4.80. The van der Waals surface area contributed by atoms with Gasteiger partial charge in [-0.1, -0.05) is 0 Å². The van der Waals surface area contributed by atoms with Gasteiger partial charge in [-0.15, -0.1) is 10.7 Å². The third-order valence-electron chi connectivity index (χ3n) is 2.21. The zero-order valence-electron chi connectivity index (χ0n) is 8.18. The molecule has 1 unspecified atom stereocenters. The van der Waals surface area contributed by atoms with E-state index in [1.54, 1.807) is 12.1 Å². The molecule has 1 atom stereocenters. The van der Waals surface area contributed by atoms with Gasteiger partial charge in [0.25, 0.3) is 5.69 Å². The van der Waals surface area contributed by atoms with Crippen LogP contribution in [0, 0.1) is 10.1 Å². The molecule has 0 bridgehead atoms. The number of nitrogens with zero attached hydrogens (tertiary/aromatic N) is 1. The van der Waals surface area contributed by atoms with Gasteiger partial charge in [-0.3, -0.25) is 10.1 Å². The monoisotopic (exact) mass is 224 g/mol. The smallest absolute Gasteiger partial charge is 0.269 e. The lowest BCUT2D eigenvalue weighted by molar-refractivity contribution is -0.384. The summed E-state index contributed by atoms with van der Waals surface area (Å²) in [5, 5.41) is 12.7. The zero-order valence-corrected chi connectivity index (χ0v) is 9.00. The molecule has 1 aliphatic rings. The van der Waals surface area contributed by atoms with Crippen molar-refractivity contribution in [2.45, 2.75) is 12.8 Å². The lowest BCUT2D eigenvalue weighted by Gasteiger charge is -2.07. The van der Waals surface area contributed by atoms with Gasteiger partial charge < -0.3 is 4.72 Å². The molecule has 1 aromatic carbocycles. The first kappa shape index (κ1) is 10.2. The number of hydrogen-bond donors (Lipinski definition) is 1. The molecule has 0 aliphatic carbocycles. The lowest BCUT2D eigenvalue weighted by atomic mass is 10.3. The zero-order chi connectivity index (χ0) is 10.7. The van der Waals surface area contributed by atoms with Gasteiger partial charge in [0.2, 0.25) is 0 Å². The summed E-state index contributed by atoms with van der Waals surface area (Å²) < 4.78 is 3.36. The highest BCUT2D eigenvalue weighted by molar-refractivity contribution is 8.16. The highest BCUT2D eigenvalue weighted by Gasteiger charge is 2.06. The molecule has 0 saturated carbocycles. The van der Waals surface area contributed by atoms with Crippen molar-refractivity contribution in [3.63, 3.8) is 0 Å². The van der Waals surface area contributed by atoms with E-state index in [-0.39, 0.29) is 21.3 Å². The third kappa shape index (κ3) is 2.56. The number of nitro groups is 1. The number of rotatable bonds is 3. The second-order valence-corrected chi connectivity index (χ2v) is 5.15. The Hall–Kier alpha value is -1.36. The van der Waals surface area contributed by atoms with E-state index in [0.29, 0.717) is 0 Å². The van der Waals surface area contributed by atoms with Gasteiger partial charge in [-0.05, 0) is 30.3 Å². The summed E-state index contributed by atoms with van der Waals surface area (Å²) in [6, 6.07) is 6.58. The Morgan fingerprint density at radius 2 is 2.07 bits per heavy atom. The average Bonchev–Trinajstić information content (AvgIpc) is 2.71. The minimum atomic E-state index is -0.381. The molecule has 0 radical (unpaired) electrons. The van der Waals surface area contributed by atoms with Crippen LogP contribution in [0.25, 0.3) is 0 Å². The Labute approximate surface area is 90.5 Å². The maximum atomic E-state index is 10.4. The predicted molar refractivity (Wildman–Crippen MR) is 64.5 cm³/mol. The fourth-order valence-electron chi connectivity index (χ4n) is 1.44. The van der Waals surface area contributed by atoms with Crippen molar-refractivity contribution < 1.29 is 4.92 Å². The fourth-order valence-corrected chi connectivity index (χ4v) is 3.16. The maximum Gasteiger partial charge on any atom is 0.269 e. The predicted octanol–water partition coefficient (Wildman–Crippen LogP) is 2.79. The van der Waals surface area contributed by atoms with E-state index in [0.717, 1.165) is 5.69 Å². The quantitative estimate of drug-likeness (QED) is 0.488. The van der Waals surface area contributed by atoms with Crippen LogP contribution in [-0.2, 0) is 0 Å². The second-order valence-electron chi connectivity index (χ2n) is 3.35. The Morgan fingerprint density at radius 1 is 1.33 bits per heavy atom. The molecule has 0 aromatic heterocycles. The summed E-state index contributed by atoms with van der Waals surface area (Å²) >= 11 is 0. The van der Waals surface area contributed by atoms with Crippen molar-refractivity contribution in [1.29, 1.82) is 0 Å². The molecule has 15 heavy (non-hydrogen) atoms. The van der Waals surface area contributed by atoms with Crippen molar-refractivity contribution in [3.8, 4) is 0 Å². The van der Waals surface area contributed by atoms with E-state index in [9.17, 15) is 10.1 Å². The minimum Gasteiger partial charge on any atom is -0.336 e. The first-order chi connectivity index (χ1) is 7.25. The molecule has 1 N–H and O–H groups in total. The van der Waals surface area contributed by atoms with Crippen molar-refractivity contribution in [3.05, 3.63) is 34.4 Å². The van der Waals surface area contributed by atoms with Crippen molar-refractivity contribution >= 4 is 27.4 Å². The molecule has 80 valence electrons. The maximum absolute atomic E-state index is 10.4. The van der Waals surface area contributed by atoms with Crippen molar-refractivity contribution in [1.82, 2.24) is 0 Å². The topological polar surface area (TPSA) is 55.2 Å². The molecule has 4 nitrogen and oxygen atoms in total. The Kier molecular flexibility index (Phi) is 3.01. The van der Waals surface area contributed by atoms with Crippen LogP contribution in [0.2, 0.25) is 0 Å². The van der Waals surface area contributed by atoms with E-state index < -0.39 is 0 Å². The standard InChI is InChI=1S/C10H12N2O2S/c13-12(14)10-5-3-9(4-6-10)11-15-7-1-2-8-15/h3-7,11H,1-2,8H2. The summed E-state index contributed by atoms with van der Waals surface area (Å²) in [6.07, 6.45) is 2.41. The largest absolute Gasteiger partial charge is 0.336 e. The summed E-state index contributed by atoms with van der Waals surface area (Å²) in [5.74, 6) is 1.18. The van der Waals surface area contributed by atoms with Crippen LogP contribution in [0.5, 0.6) is 0 Å². The molecule has 0 amide bonds. The summed E-state index contributed by atoms with van der Waals surface area (Å²) in [4.78, 5) is 10.1. The fraction of sp³-hybridized carbons (Fsp3) is 0.300. The molecule has 5 heteroatoms. The SMILES string of the molecule is O=[N+]([O-])c1ccc(NS2=CCCC2)cc1. The molecule has 2 rings (SSSR count). The number of nitro benzene ring substituents is 1. The van der Waals surface area contributed by atoms with Crippen LogP contribution in [0.15, 0.2) is 24.3 Å². The highest BCUT2D eigenvalue weighted by Crippen LogP contribution is 2.25. The van der Waals surface area contributed by atoms with E-state index in [1.165, 1.54) is 30.7 Å². The van der Waals surface area contributed by atoms with E-state index in [4.69, 9.17) is 0 Å². The number of non-ortho nitro benzene ring substituents is 1. The van der Waals surface area contributed by atoms with Crippen molar-refractivity contribution in [2.75, 3.05) is 10.5 Å². The molecular formula is C10H12N2O2S. The Bertz CT molecular complexity index is 400. The van der Waals surface area contributed by atoms with Gasteiger partial charge in [0.15, 0.2) is 0 Å². The molecule has 0 fully saturated rings. The number of anilines is 1. The van der Waals surface area contributed by atoms with Crippen LogP contribution in [0.3, 0.4) is 0 Å². The first-order valence-corrected chi connectivity index (χ1v) is 6.25. The van der Waals surface area contributed by atoms with Gasteiger partial charge in [0.1, 0.15) is 0 Å². The number of nitrogens with one attached hydrogen (secondary N) is 1. The van der Waals surface area contributed by atoms with Crippen LogP contribution < -0.4 is 4.72 Å². The van der Waals surface area contributed by atoms with Crippen LogP contribution in [-0.4, -0.2) is 16.0 Å².